The predicted octanol–water partition coefficient (Wildman–Crippen LogP) is 4.67. The zero-order valence-electron chi connectivity index (χ0n) is 23.1. The van der Waals surface area contributed by atoms with Crippen LogP contribution in [-0.2, 0) is 4.79 Å². The molecule has 2 saturated heterocycles. The molecule has 0 bridgehead atoms. The summed E-state index contributed by atoms with van der Waals surface area (Å²) in [4.78, 5) is 42.6. The number of H-pyrrole nitrogens is 2. The molecule has 2 aromatic carbocycles. The fourth-order valence-corrected chi connectivity index (χ4v) is 7.47. The van der Waals surface area contributed by atoms with Gasteiger partial charge in [0.15, 0.2) is 5.82 Å². The summed E-state index contributed by atoms with van der Waals surface area (Å²) in [5, 5.41) is 3.56. The van der Waals surface area contributed by atoms with Gasteiger partial charge in [0.1, 0.15) is 17.6 Å². The van der Waals surface area contributed by atoms with Crippen LogP contribution in [-0.4, -0.2) is 66.8 Å². The maximum Gasteiger partial charge on any atom is 0.268 e. The minimum absolute atomic E-state index is 0.0230. The number of aromatic amines is 2. The number of nitrogens with zero attached hydrogens (tertiary/aromatic N) is 3. The average molecular weight is 541 g/mol. The molecule has 206 valence electrons. The van der Waals surface area contributed by atoms with Crippen molar-refractivity contribution in [2.75, 3.05) is 13.1 Å². The van der Waals surface area contributed by atoms with Gasteiger partial charge in [0.2, 0.25) is 5.91 Å². The van der Waals surface area contributed by atoms with E-state index in [-0.39, 0.29) is 39.5 Å². The average Bonchev–Trinajstić information content (AvgIpc) is 3.23. The lowest BCUT2D eigenvalue weighted by Crippen LogP contribution is -2.67. The summed E-state index contributed by atoms with van der Waals surface area (Å²) in [6.07, 6.45) is 0.909. The second-order valence-corrected chi connectivity index (χ2v) is 12.4. The van der Waals surface area contributed by atoms with Gasteiger partial charge in [0.05, 0.1) is 33.3 Å². The van der Waals surface area contributed by atoms with Gasteiger partial charge in [-0.1, -0.05) is 44.7 Å². The highest BCUT2D eigenvalue weighted by atomic mass is 19.1. The van der Waals surface area contributed by atoms with Gasteiger partial charge in [-0.15, -0.1) is 0 Å². The van der Waals surface area contributed by atoms with Crippen LogP contribution in [0.4, 0.5) is 4.39 Å². The first-order chi connectivity index (χ1) is 19.0. The third-order valence-corrected chi connectivity index (χ3v) is 9.99. The summed E-state index contributed by atoms with van der Waals surface area (Å²) in [6.45, 7) is 14.0. The van der Waals surface area contributed by atoms with E-state index in [1.54, 1.807) is 18.2 Å². The molecule has 4 atom stereocenters. The first kappa shape index (κ1) is 24.9. The van der Waals surface area contributed by atoms with Gasteiger partial charge < -0.3 is 25.1 Å². The summed E-state index contributed by atoms with van der Waals surface area (Å²) in [6, 6.07) is 13.5. The van der Waals surface area contributed by atoms with E-state index in [0.29, 0.717) is 11.9 Å². The fraction of sp³-hybridized carbons (Fsp3) is 0.387. The quantitative estimate of drug-likeness (QED) is 0.331. The molecule has 2 unspecified atom stereocenters. The molecule has 2 aliphatic heterocycles. The first-order valence-electron chi connectivity index (χ1n) is 13.8. The number of carbonyl (C=O) groups excluding carboxylic acids is 2. The first-order valence-corrected chi connectivity index (χ1v) is 13.8. The Balaban J connectivity index is 1.13. The number of halogens is 1. The fourth-order valence-electron chi connectivity index (χ4n) is 7.47. The maximum atomic E-state index is 14.2. The van der Waals surface area contributed by atoms with Crippen molar-refractivity contribution in [1.82, 2.24) is 30.1 Å². The summed E-state index contributed by atoms with van der Waals surface area (Å²) in [5.41, 5.74) is 2.60. The van der Waals surface area contributed by atoms with Gasteiger partial charge in [0.25, 0.3) is 5.91 Å². The van der Waals surface area contributed by atoms with Crippen LogP contribution in [0.25, 0.3) is 27.6 Å². The predicted molar refractivity (Wildman–Crippen MR) is 152 cm³/mol. The number of hydrogen-bond acceptors (Lipinski definition) is 4. The molecular formula is C31H33FN6O2. The van der Waals surface area contributed by atoms with Crippen molar-refractivity contribution in [2.45, 2.75) is 51.2 Å². The van der Waals surface area contributed by atoms with Crippen LogP contribution in [0.5, 0.6) is 0 Å². The second kappa shape index (κ2) is 7.96. The number of piperidine rings is 1. The zero-order valence-corrected chi connectivity index (χ0v) is 23.1. The minimum Gasteiger partial charge on any atom is -0.360 e. The molecule has 4 heterocycles. The molecule has 2 amide bonds. The lowest BCUT2D eigenvalue weighted by atomic mass is 9.71. The standard InChI is InChI=1S/C31H33FN6O2/c1-17(2)24(36-27(39)23-13-19-9-8-10-20(32)25(19)33-23)28(40)38-15-30(5)31(14-29(31,38)4)16-37(30)18(3)26-34-21-11-6-7-12-22(21)35-26/h6-13,17,24,33H,3,14-16H2,1-2,4-5H3,(H,34,35)(H,36,39)/t24-,29?,30+,31?/m0/s1. The third kappa shape index (κ3) is 3.09. The molecule has 7 rings (SSSR count). The van der Waals surface area contributed by atoms with Crippen molar-refractivity contribution in [2.24, 2.45) is 11.3 Å². The Bertz CT molecular complexity index is 1710. The lowest BCUT2D eigenvalue weighted by Gasteiger charge is -2.57. The summed E-state index contributed by atoms with van der Waals surface area (Å²) >= 11 is 0. The van der Waals surface area contributed by atoms with Crippen LogP contribution >= 0.6 is 0 Å². The van der Waals surface area contributed by atoms with Gasteiger partial charge in [-0.05, 0) is 50.5 Å². The summed E-state index contributed by atoms with van der Waals surface area (Å²) < 4.78 is 14.2. The Morgan fingerprint density at radius 3 is 2.55 bits per heavy atom. The number of hydrogen-bond donors (Lipinski definition) is 3. The molecule has 40 heavy (non-hydrogen) atoms. The lowest BCUT2D eigenvalue weighted by molar-refractivity contribution is -0.136. The Labute approximate surface area is 231 Å². The number of benzene rings is 2. The smallest absolute Gasteiger partial charge is 0.268 e. The van der Waals surface area contributed by atoms with Gasteiger partial charge in [0, 0.05) is 23.9 Å². The van der Waals surface area contributed by atoms with Gasteiger partial charge in [-0.2, -0.15) is 0 Å². The Hall–Kier alpha value is -4.14. The SMILES string of the molecule is C=C(c1nc2ccccc2[nH]1)N1CC23CC2(C)N(C(=O)[C@@H](NC(=O)c2cc4cccc(F)c4[nH]2)C(C)C)C[C@@]13C. The van der Waals surface area contributed by atoms with Crippen LogP contribution in [0.1, 0.15) is 50.4 Å². The molecule has 2 aromatic heterocycles. The minimum atomic E-state index is -0.716. The Kier molecular flexibility index (Phi) is 4.95. The van der Waals surface area contributed by atoms with Crippen molar-refractivity contribution >= 4 is 39.4 Å². The van der Waals surface area contributed by atoms with Crippen molar-refractivity contribution in [3.05, 3.63) is 72.4 Å². The number of para-hydroxylation sites is 3. The summed E-state index contributed by atoms with van der Waals surface area (Å²) in [7, 11) is 0. The summed E-state index contributed by atoms with van der Waals surface area (Å²) in [5.74, 6) is -0.328. The molecule has 3 aliphatic rings. The van der Waals surface area contributed by atoms with E-state index in [9.17, 15) is 14.0 Å². The largest absolute Gasteiger partial charge is 0.360 e. The van der Waals surface area contributed by atoms with Crippen LogP contribution in [0.2, 0.25) is 0 Å². The van der Waals surface area contributed by atoms with E-state index in [2.05, 4.69) is 40.6 Å². The third-order valence-electron chi connectivity index (χ3n) is 9.99. The number of fused-ring (bicyclic) bond motifs is 2. The molecule has 1 saturated carbocycles. The van der Waals surface area contributed by atoms with E-state index in [1.807, 2.05) is 43.0 Å². The molecule has 3 N–H and O–H groups in total. The number of amides is 2. The van der Waals surface area contributed by atoms with E-state index >= 15 is 0 Å². The Morgan fingerprint density at radius 2 is 1.82 bits per heavy atom. The molecule has 1 spiro atoms. The number of rotatable bonds is 6. The number of carbonyl (C=O) groups is 2. The van der Waals surface area contributed by atoms with E-state index in [1.165, 1.54) is 6.07 Å². The monoisotopic (exact) mass is 540 g/mol. The van der Waals surface area contributed by atoms with Gasteiger partial charge in [-0.3, -0.25) is 9.59 Å². The van der Waals surface area contributed by atoms with Crippen molar-refractivity contribution in [1.29, 1.82) is 0 Å². The number of imidazole rings is 1. The zero-order chi connectivity index (χ0) is 28.2. The molecule has 1 aliphatic carbocycles. The van der Waals surface area contributed by atoms with Crippen molar-refractivity contribution in [3.63, 3.8) is 0 Å². The molecule has 9 heteroatoms. The molecule has 4 aromatic rings. The van der Waals surface area contributed by atoms with Crippen LogP contribution in [0.3, 0.4) is 0 Å². The topological polar surface area (TPSA) is 97.1 Å². The molecule has 0 radical (unpaired) electrons. The van der Waals surface area contributed by atoms with E-state index in [0.717, 1.165) is 35.5 Å². The van der Waals surface area contributed by atoms with Crippen LogP contribution < -0.4 is 5.32 Å². The number of likely N-dealkylation sites (tertiary alicyclic amines) is 2. The molecule has 8 nitrogen and oxygen atoms in total. The van der Waals surface area contributed by atoms with E-state index < -0.39 is 17.8 Å². The molecule has 3 fully saturated rings. The van der Waals surface area contributed by atoms with E-state index in [4.69, 9.17) is 4.98 Å². The second-order valence-electron chi connectivity index (χ2n) is 12.4. The normalized spacial score (nSPS) is 27.4. The number of nitrogens with one attached hydrogen (secondary N) is 3. The highest BCUT2D eigenvalue weighted by Crippen LogP contribution is 2.77. The van der Waals surface area contributed by atoms with Crippen molar-refractivity contribution < 1.29 is 14.0 Å². The van der Waals surface area contributed by atoms with Gasteiger partial charge in [-0.25, -0.2) is 9.37 Å². The van der Waals surface area contributed by atoms with Gasteiger partial charge >= 0.3 is 0 Å². The highest BCUT2D eigenvalue weighted by molar-refractivity contribution is 6.00. The number of aromatic nitrogens is 3. The highest BCUT2D eigenvalue weighted by Gasteiger charge is 2.87. The Morgan fingerprint density at radius 1 is 1.05 bits per heavy atom. The maximum absolute atomic E-state index is 14.2. The van der Waals surface area contributed by atoms with Crippen molar-refractivity contribution in [3.8, 4) is 0 Å². The molecular weight excluding hydrogens is 507 g/mol. The van der Waals surface area contributed by atoms with Crippen LogP contribution in [0, 0.1) is 17.2 Å². The van der Waals surface area contributed by atoms with Crippen LogP contribution in [0.15, 0.2) is 55.1 Å².